The first-order valence-electron chi connectivity index (χ1n) is 14.1. The molecule has 12 nitrogen and oxygen atoms in total. The van der Waals surface area contributed by atoms with Crippen LogP contribution in [-0.4, -0.2) is 56.9 Å². The number of nitrogens with one attached hydrogen (secondary N) is 4. The molecule has 0 unspecified atom stereocenters. The zero-order valence-electron chi connectivity index (χ0n) is 24.1. The Morgan fingerprint density at radius 3 is 2.29 bits per heavy atom. The number of urea groups is 1. The van der Waals surface area contributed by atoms with Crippen LogP contribution >= 0.6 is 23.2 Å². The Kier molecular flexibility index (Phi) is 9.77. The van der Waals surface area contributed by atoms with Crippen LogP contribution in [0.1, 0.15) is 40.5 Å². The molecule has 0 aliphatic heterocycles. The molecule has 5 rings (SSSR count). The number of halogens is 2. The van der Waals surface area contributed by atoms with Crippen molar-refractivity contribution in [3.8, 4) is 22.4 Å². The highest BCUT2D eigenvalue weighted by Crippen LogP contribution is 2.30. The van der Waals surface area contributed by atoms with Gasteiger partial charge in [0.1, 0.15) is 5.69 Å². The molecule has 1 fully saturated rings. The minimum absolute atomic E-state index is 0.0346. The van der Waals surface area contributed by atoms with Gasteiger partial charge >= 0.3 is 6.03 Å². The topological polar surface area (TPSA) is 167 Å². The largest absolute Gasteiger partial charge is 0.395 e. The van der Waals surface area contributed by atoms with Gasteiger partial charge < -0.3 is 26.4 Å². The molecular formula is C31H29Cl2N7O5. The normalized spacial score (nSPS) is 12.4. The number of benzene rings is 2. The summed E-state index contributed by atoms with van der Waals surface area (Å²) in [6.07, 6.45) is 4.47. The number of nitrogens with zero attached hydrogens (tertiary/aromatic N) is 3. The highest BCUT2D eigenvalue weighted by Gasteiger charge is 2.25. The fourth-order valence-corrected chi connectivity index (χ4v) is 4.93. The maximum Gasteiger partial charge on any atom is 0.323 e. The molecule has 0 radical (unpaired) electrons. The van der Waals surface area contributed by atoms with Gasteiger partial charge in [-0.15, -0.1) is 0 Å². The average molecular weight is 651 g/mol. The van der Waals surface area contributed by atoms with E-state index in [1.54, 1.807) is 37.3 Å². The number of aliphatic hydroxyl groups is 1. The van der Waals surface area contributed by atoms with E-state index < -0.39 is 17.5 Å². The van der Waals surface area contributed by atoms with Gasteiger partial charge in [0, 0.05) is 48.2 Å². The number of carbonyl (C=O) groups excluding carboxylic acids is 3. The van der Waals surface area contributed by atoms with Crippen LogP contribution in [0.2, 0.25) is 10.0 Å². The van der Waals surface area contributed by atoms with Crippen molar-refractivity contribution in [2.45, 2.75) is 32.4 Å². The van der Waals surface area contributed by atoms with Crippen molar-refractivity contribution in [3.63, 3.8) is 0 Å². The Morgan fingerprint density at radius 2 is 1.62 bits per heavy atom. The predicted octanol–water partition coefficient (Wildman–Crippen LogP) is 4.56. The van der Waals surface area contributed by atoms with Crippen LogP contribution < -0.4 is 26.8 Å². The Morgan fingerprint density at radius 1 is 0.933 bits per heavy atom. The zero-order valence-corrected chi connectivity index (χ0v) is 25.6. The van der Waals surface area contributed by atoms with Crippen LogP contribution in [0.25, 0.3) is 22.4 Å². The lowest BCUT2D eigenvalue weighted by molar-refractivity contribution is 0.0944. The van der Waals surface area contributed by atoms with E-state index in [4.69, 9.17) is 28.3 Å². The summed E-state index contributed by atoms with van der Waals surface area (Å²) in [5, 5.41) is 24.5. The van der Waals surface area contributed by atoms with Crippen LogP contribution in [0.3, 0.4) is 0 Å². The molecule has 4 amide bonds. The molecule has 1 aliphatic rings. The maximum atomic E-state index is 13.1. The van der Waals surface area contributed by atoms with Crippen molar-refractivity contribution in [1.82, 2.24) is 25.4 Å². The van der Waals surface area contributed by atoms with E-state index in [0.717, 1.165) is 12.8 Å². The summed E-state index contributed by atoms with van der Waals surface area (Å²) in [6.45, 7) is 1.82. The van der Waals surface area contributed by atoms with Gasteiger partial charge in [-0.1, -0.05) is 41.4 Å². The summed E-state index contributed by atoms with van der Waals surface area (Å²) in [4.78, 5) is 55.5. The number of rotatable bonds is 10. The number of pyridine rings is 1. The third-order valence-corrected chi connectivity index (χ3v) is 7.45. The van der Waals surface area contributed by atoms with Gasteiger partial charge in [-0.25, -0.2) is 9.48 Å². The highest BCUT2D eigenvalue weighted by atomic mass is 35.5. The summed E-state index contributed by atoms with van der Waals surface area (Å²) < 4.78 is 1.22. The van der Waals surface area contributed by atoms with Crippen molar-refractivity contribution in [2.24, 2.45) is 0 Å². The van der Waals surface area contributed by atoms with E-state index in [-0.39, 0.29) is 58.6 Å². The lowest BCUT2D eigenvalue weighted by atomic mass is 9.97. The summed E-state index contributed by atoms with van der Waals surface area (Å²) in [6, 6.07) is 12.9. The average Bonchev–Trinajstić information content (AvgIpc) is 3.86. The second-order valence-electron chi connectivity index (χ2n) is 10.2. The molecule has 1 aliphatic carbocycles. The molecule has 0 atom stereocenters. The minimum atomic E-state index is -0.746. The van der Waals surface area contributed by atoms with Gasteiger partial charge in [0.05, 0.1) is 28.0 Å². The quantitative estimate of drug-likeness (QED) is 0.168. The molecule has 14 heteroatoms. The molecular weight excluding hydrogens is 621 g/mol. The van der Waals surface area contributed by atoms with Crippen molar-refractivity contribution in [1.29, 1.82) is 0 Å². The number of anilines is 2. The molecule has 0 bridgehead atoms. The molecule has 45 heavy (non-hydrogen) atoms. The molecule has 2 heterocycles. The first kappa shape index (κ1) is 31.6. The van der Waals surface area contributed by atoms with Crippen molar-refractivity contribution >= 4 is 52.4 Å². The standard InChI is InChI=1S/C31H29Cl2N7O5/c1-2-40-30(44)26(37-31(45)38-27-23(32)15-34-16-24(27)33)14-25(39-40)18-5-3-4-17(10-18)19-11-20(28(42)35-8-9-41)13-21(12-19)29(43)36-22-6-7-22/h3-5,10-16,22,41H,2,6-9H2,1H3,(H,35,42)(H,36,43)(H2,34,37,38,45). The van der Waals surface area contributed by atoms with Gasteiger partial charge in [-0.3, -0.25) is 19.4 Å². The van der Waals surface area contributed by atoms with E-state index in [1.165, 1.54) is 29.2 Å². The number of hydrogen-bond acceptors (Lipinski definition) is 7. The first-order valence-corrected chi connectivity index (χ1v) is 14.9. The second-order valence-corrected chi connectivity index (χ2v) is 11.0. The van der Waals surface area contributed by atoms with E-state index >= 15 is 0 Å². The molecule has 232 valence electrons. The number of carbonyl (C=O) groups is 3. The van der Waals surface area contributed by atoms with Crippen LogP contribution in [-0.2, 0) is 6.54 Å². The third kappa shape index (κ3) is 7.66. The van der Waals surface area contributed by atoms with E-state index in [0.29, 0.717) is 27.9 Å². The number of hydrogen-bond donors (Lipinski definition) is 5. The lowest BCUT2D eigenvalue weighted by Crippen LogP contribution is -2.29. The van der Waals surface area contributed by atoms with Crippen LogP contribution in [0.5, 0.6) is 0 Å². The molecule has 0 saturated heterocycles. The minimum Gasteiger partial charge on any atom is -0.395 e. The van der Waals surface area contributed by atoms with E-state index in [2.05, 4.69) is 31.3 Å². The molecule has 2 aromatic heterocycles. The molecule has 5 N–H and O–H groups in total. The fraction of sp³-hybridized carbons (Fsp3) is 0.226. The van der Waals surface area contributed by atoms with Crippen LogP contribution in [0, 0.1) is 0 Å². The number of aryl methyl sites for hydroxylation is 1. The fourth-order valence-electron chi connectivity index (χ4n) is 4.47. The third-order valence-electron chi connectivity index (χ3n) is 6.87. The Bertz CT molecular complexity index is 1820. The van der Waals surface area contributed by atoms with Gasteiger partial charge in [0.15, 0.2) is 0 Å². The Hall–Kier alpha value is -4.78. The molecule has 0 spiro atoms. The number of aromatic nitrogens is 3. The Labute approximate surface area is 267 Å². The van der Waals surface area contributed by atoms with Gasteiger partial charge in [-0.05, 0) is 61.2 Å². The molecule has 4 aromatic rings. The summed E-state index contributed by atoms with van der Waals surface area (Å²) in [5.41, 5.74) is 2.44. The van der Waals surface area contributed by atoms with Crippen molar-refractivity contribution in [3.05, 3.63) is 92.5 Å². The monoisotopic (exact) mass is 649 g/mol. The lowest BCUT2D eigenvalue weighted by Gasteiger charge is -2.14. The number of aliphatic hydroxyl groups excluding tert-OH is 1. The number of amides is 4. The zero-order chi connectivity index (χ0) is 32.1. The second kappa shape index (κ2) is 13.9. The van der Waals surface area contributed by atoms with Crippen LogP contribution in [0.15, 0.2) is 65.7 Å². The van der Waals surface area contributed by atoms with Crippen molar-refractivity contribution < 1.29 is 19.5 Å². The van der Waals surface area contributed by atoms with E-state index in [9.17, 15) is 19.2 Å². The van der Waals surface area contributed by atoms with Crippen molar-refractivity contribution in [2.75, 3.05) is 23.8 Å². The maximum absolute atomic E-state index is 13.1. The predicted molar refractivity (Wildman–Crippen MR) is 172 cm³/mol. The highest BCUT2D eigenvalue weighted by molar-refractivity contribution is 6.39. The summed E-state index contributed by atoms with van der Waals surface area (Å²) >= 11 is 12.2. The Balaban J connectivity index is 1.49. The SMILES string of the molecule is CCn1nc(-c2cccc(-c3cc(C(=O)NCCO)cc(C(=O)NC4CC4)c3)c2)cc(NC(=O)Nc2c(Cl)cncc2Cl)c1=O. The molecule has 1 saturated carbocycles. The summed E-state index contributed by atoms with van der Waals surface area (Å²) in [5.74, 6) is -0.714. The van der Waals surface area contributed by atoms with Gasteiger partial charge in [0.25, 0.3) is 17.4 Å². The summed E-state index contributed by atoms with van der Waals surface area (Å²) in [7, 11) is 0. The first-order chi connectivity index (χ1) is 21.7. The van der Waals surface area contributed by atoms with Gasteiger partial charge in [0.2, 0.25) is 0 Å². The van der Waals surface area contributed by atoms with Crippen LogP contribution in [0.4, 0.5) is 16.2 Å². The molecule has 2 aromatic carbocycles. The van der Waals surface area contributed by atoms with Gasteiger partial charge in [-0.2, -0.15) is 5.10 Å². The van der Waals surface area contributed by atoms with E-state index in [1.807, 2.05) is 6.07 Å². The smallest absolute Gasteiger partial charge is 0.323 e.